The minimum absolute atomic E-state index is 0.183. The number of ether oxygens (including phenoxy) is 1. The third kappa shape index (κ3) is 6.15. The highest BCUT2D eigenvalue weighted by Crippen LogP contribution is 2.25. The normalized spacial score (nSPS) is 10.3. The van der Waals surface area contributed by atoms with E-state index in [0.717, 1.165) is 6.08 Å². The number of nitrogens with one attached hydrogen (secondary N) is 2. The first-order valence-corrected chi connectivity index (χ1v) is 6.95. The summed E-state index contributed by atoms with van der Waals surface area (Å²) in [5, 5.41) is 5.40. The lowest BCUT2D eigenvalue weighted by atomic mass is 10.2. The van der Waals surface area contributed by atoms with Crippen LogP contribution in [-0.4, -0.2) is 38.0 Å². The van der Waals surface area contributed by atoms with Crippen LogP contribution in [0.25, 0.3) is 6.08 Å². The van der Waals surface area contributed by atoms with Crippen LogP contribution in [0, 0.1) is 0 Å². The molecule has 1 rings (SSSR count). The molecule has 1 aromatic carbocycles. The van der Waals surface area contributed by atoms with Crippen LogP contribution in [0.4, 0.5) is 0 Å². The fraction of sp³-hybridized carbons (Fsp3) is 0.214. The van der Waals surface area contributed by atoms with Crippen LogP contribution in [-0.2, 0) is 19.1 Å². The maximum atomic E-state index is 11.5. The molecule has 2 amide bonds. The average Bonchev–Trinajstić information content (AvgIpc) is 2.50. The lowest BCUT2D eigenvalue weighted by Gasteiger charge is -2.04. The minimum Gasteiger partial charge on any atom is -0.452 e. The van der Waals surface area contributed by atoms with Gasteiger partial charge in [-0.05, 0) is 18.2 Å². The maximum absolute atomic E-state index is 11.5. The predicted molar refractivity (Wildman–Crippen MR) is 83.5 cm³/mol. The number of hydrogen-bond acceptors (Lipinski definition) is 4. The summed E-state index contributed by atoms with van der Waals surface area (Å²) in [4.78, 5) is 33.7. The van der Waals surface area contributed by atoms with E-state index >= 15 is 0 Å². The molecule has 1 aromatic rings. The molecule has 0 atom stereocenters. The van der Waals surface area contributed by atoms with Gasteiger partial charge in [0.2, 0.25) is 5.91 Å². The Kier molecular flexibility index (Phi) is 7.42. The highest BCUT2D eigenvalue weighted by atomic mass is 35.5. The fourth-order valence-corrected chi connectivity index (χ4v) is 1.85. The SMILES string of the molecule is CNC(=O)CNC(=O)COC(=O)/C=C/c1c(Cl)cccc1Cl. The highest BCUT2D eigenvalue weighted by Gasteiger charge is 2.07. The predicted octanol–water partition coefficient (Wildman–Crippen LogP) is 1.41. The summed E-state index contributed by atoms with van der Waals surface area (Å²) in [7, 11) is 1.44. The fourth-order valence-electron chi connectivity index (χ4n) is 1.32. The van der Waals surface area contributed by atoms with Gasteiger partial charge in [0.1, 0.15) is 0 Å². The number of amides is 2. The molecule has 8 heteroatoms. The summed E-state index contributed by atoms with van der Waals surface area (Å²) in [5.74, 6) is -1.67. The monoisotopic (exact) mass is 344 g/mol. The maximum Gasteiger partial charge on any atom is 0.331 e. The summed E-state index contributed by atoms with van der Waals surface area (Å²) < 4.78 is 4.72. The van der Waals surface area contributed by atoms with E-state index < -0.39 is 18.5 Å². The lowest BCUT2D eigenvalue weighted by molar-refractivity contribution is -0.143. The van der Waals surface area contributed by atoms with Crippen molar-refractivity contribution in [1.29, 1.82) is 0 Å². The van der Waals surface area contributed by atoms with Gasteiger partial charge in [0.05, 0.1) is 6.54 Å². The number of carbonyl (C=O) groups is 3. The number of rotatable bonds is 6. The molecule has 0 fully saturated rings. The molecule has 0 saturated carbocycles. The first kappa shape index (κ1) is 18.0. The molecule has 0 aliphatic rings. The Bertz CT molecular complexity index is 582. The van der Waals surface area contributed by atoms with Gasteiger partial charge in [0.25, 0.3) is 5.91 Å². The van der Waals surface area contributed by atoms with Crippen molar-refractivity contribution < 1.29 is 19.1 Å². The van der Waals surface area contributed by atoms with Crippen molar-refractivity contribution in [1.82, 2.24) is 10.6 Å². The van der Waals surface area contributed by atoms with E-state index in [0.29, 0.717) is 15.6 Å². The molecule has 0 unspecified atom stereocenters. The number of likely N-dealkylation sites (N-methyl/N-ethyl adjacent to an activating group) is 1. The molecule has 0 heterocycles. The van der Waals surface area contributed by atoms with Gasteiger partial charge in [-0.15, -0.1) is 0 Å². The molecule has 0 bridgehead atoms. The van der Waals surface area contributed by atoms with Gasteiger partial charge in [0, 0.05) is 28.7 Å². The number of carbonyl (C=O) groups excluding carboxylic acids is 3. The topological polar surface area (TPSA) is 84.5 Å². The molecule has 0 aliphatic carbocycles. The van der Waals surface area contributed by atoms with Crippen LogP contribution >= 0.6 is 23.2 Å². The van der Waals surface area contributed by atoms with Crippen LogP contribution in [0.3, 0.4) is 0 Å². The van der Waals surface area contributed by atoms with E-state index in [1.807, 2.05) is 0 Å². The van der Waals surface area contributed by atoms with Crippen LogP contribution < -0.4 is 10.6 Å². The van der Waals surface area contributed by atoms with Crippen molar-refractivity contribution in [3.63, 3.8) is 0 Å². The molecule has 22 heavy (non-hydrogen) atoms. The summed E-state index contributed by atoms with van der Waals surface area (Å²) in [6, 6.07) is 4.94. The Morgan fingerprint density at radius 1 is 1.18 bits per heavy atom. The molecule has 0 spiro atoms. The Balaban J connectivity index is 2.45. The van der Waals surface area contributed by atoms with Gasteiger partial charge in [-0.1, -0.05) is 29.3 Å². The van der Waals surface area contributed by atoms with E-state index in [1.54, 1.807) is 18.2 Å². The lowest BCUT2D eigenvalue weighted by Crippen LogP contribution is -2.37. The quantitative estimate of drug-likeness (QED) is 0.603. The van der Waals surface area contributed by atoms with Gasteiger partial charge in [-0.25, -0.2) is 4.79 Å². The second-order valence-electron chi connectivity index (χ2n) is 4.03. The summed E-state index contributed by atoms with van der Waals surface area (Å²) in [6.45, 7) is -0.672. The minimum atomic E-state index is -0.730. The van der Waals surface area contributed by atoms with Gasteiger partial charge < -0.3 is 15.4 Å². The standard InChI is InChI=1S/C14H14Cl2N2O4/c1-17-12(19)7-18-13(20)8-22-14(21)6-5-9-10(15)3-2-4-11(9)16/h2-6H,7-8H2,1H3,(H,17,19)(H,18,20)/b6-5+. The van der Waals surface area contributed by atoms with Gasteiger partial charge in [0.15, 0.2) is 6.61 Å². The van der Waals surface area contributed by atoms with Crippen LogP contribution in [0.1, 0.15) is 5.56 Å². The average molecular weight is 345 g/mol. The van der Waals surface area contributed by atoms with Crippen molar-refractivity contribution in [3.05, 3.63) is 39.9 Å². The van der Waals surface area contributed by atoms with Crippen molar-refractivity contribution in [2.75, 3.05) is 20.2 Å². The zero-order valence-corrected chi connectivity index (χ0v) is 13.2. The van der Waals surface area contributed by atoms with Crippen molar-refractivity contribution in [3.8, 4) is 0 Å². The number of benzene rings is 1. The first-order chi connectivity index (χ1) is 10.4. The van der Waals surface area contributed by atoms with Crippen molar-refractivity contribution in [2.45, 2.75) is 0 Å². The Hall–Kier alpha value is -2.05. The van der Waals surface area contributed by atoms with E-state index in [1.165, 1.54) is 13.1 Å². The molecule has 118 valence electrons. The second-order valence-corrected chi connectivity index (χ2v) is 4.84. The summed E-state index contributed by atoms with van der Waals surface area (Å²) in [6.07, 6.45) is 2.51. The molecular weight excluding hydrogens is 331 g/mol. The van der Waals surface area contributed by atoms with Crippen LogP contribution in [0.5, 0.6) is 0 Å². The van der Waals surface area contributed by atoms with Crippen molar-refractivity contribution >= 4 is 47.1 Å². The molecule has 0 radical (unpaired) electrons. The molecule has 0 aliphatic heterocycles. The Morgan fingerprint density at radius 3 is 2.41 bits per heavy atom. The van der Waals surface area contributed by atoms with E-state index in [4.69, 9.17) is 27.9 Å². The van der Waals surface area contributed by atoms with Gasteiger partial charge >= 0.3 is 5.97 Å². The highest BCUT2D eigenvalue weighted by molar-refractivity contribution is 6.37. The molecule has 2 N–H and O–H groups in total. The van der Waals surface area contributed by atoms with E-state index in [2.05, 4.69) is 10.6 Å². The molecular formula is C14H14Cl2N2O4. The first-order valence-electron chi connectivity index (χ1n) is 6.20. The van der Waals surface area contributed by atoms with Crippen LogP contribution in [0.15, 0.2) is 24.3 Å². The number of halogens is 2. The molecule has 0 aromatic heterocycles. The smallest absolute Gasteiger partial charge is 0.331 e. The van der Waals surface area contributed by atoms with Gasteiger partial charge in [-0.3, -0.25) is 9.59 Å². The zero-order chi connectivity index (χ0) is 16.5. The molecule has 0 saturated heterocycles. The Labute approximate surface area is 137 Å². The van der Waals surface area contributed by atoms with E-state index in [-0.39, 0.29) is 12.5 Å². The largest absolute Gasteiger partial charge is 0.452 e. The Morgan fingerprint density at radius 2 is 1.82 bits per heavy atom. The second kappa shape index (κ2) is 9.07. The van der Waals surface area contributed by atoms with Gasteiger partial charge in [-0.2, -0.15) is 0 Å². The third-order valence-electron chi connectivity index (χ3n) is 2.46. The van der Waals surface area contributed by atoms with E-state index in [9.17, 15) is 14.4 Å². The number of esters is 1. The zero-order valence-electron chi connectivity index (χ0n) is 11.7. The van der Waals surface area contributed by atoms with Crippen LogP contribution in [0.2, 0.25) is 10.0 Å². The number of hydrogen-bond donors (Lipinski definition) is 2. The molecule has 6 nitrogen and oxygen atoms in total. The van der Waals surface area contributed by atoms with Crippen molar-refractivity contribution in [2.24, 2.45) is 0 Å². The summed E-state index contributed by atoms with van der Waals surface area (Å²) >= 11 is 11.9. The third-order valence-corrected chi connectivity index (χ3v) is 3.12. The summed E-state index contributed by atoms with van der Waals surface area (Å²) in [5.41, 5.74) is 0.479.